The van der Waals surface area contributed by atoms with E-state index in [9.17, 15) is 5.11 Å². The van der Waals surface area contributed by atoms with Crippen LogP contribution in [0.5, 0.6) is 0 Å². The first-order chi connectivity index (χ1) is 13.8. The van der Waals surface area contributed by atoms with Crippen molar-refractivity contribution in [2.45, 2.75) is 110 Å². The number of aliphatic hydroxyl groups is 1. The van der Waals surface area contributed by atoms with Gasteiger partial charge in [-0.25, -0.2) is 4.99 Å². The van der Waals surface area contributed by atoms with Crippen molar-refractivity contribution in [1.29, 1.82) is 0 Å². The lowest BCUT2D eigenvalue weighted by molar-refractivity contribution is -0.835. The lowest BCUT2D eigenvalue weighted by atomic mass is 10.1. The van der Waals surface area contributed by atoms with Crippen molar-refractivity contribution in [3.05, 3.63) is 12.2 Å². The molecule has 0 saturated carbocycles. The molecule has 1 aliphatic rings. The van der Waals surface area contributed by atoms with Gasteiger partial charge in [0.25, 0.3) is 0 Å². The SMILES string of the molecule is CCCCCCCC/C=C/CCCCCCCCC1=NCC[N+]1(CC)CCO. The van der Waals surface area contributed by atoms with E-state index in [1.54, 1.807) is 0 Å². The zero-order valence-electron chi connectivity index (χ0n) is 19.1. The van der Waals surface area contributed by atoms with Gasteiger partial charge in [-0.15, -0.1) is 0 Å². The molecule has 3 heteroatoms. The minimum absolute atomic E-state index is 0.278. The number of aliphatic hydroxyl groups excluding tert-OH is 1. The van der Waals surface area contributed by atoms with Gasteiger partial charge in [-0.1, -0.05) is 76.9 Å². The van der Waals surface area contributed by atoms with E-state index in [-0.39, 0.29) is 6.61 Å². The number of amidine groups is 1. The van der Waals surface area contributed by atoms with E-state index in [2.05, 4.69) is 26.0 Å². The highest BCUT2D eigenvalue weighted by Gasteiger charge is 2.35. The number of nitrogens with zero attached hydrogens (tertiary/aromatic N) is 2. The highest BCUT2D eigenvalue weighted by molar-refractivity contribution is 5.76. The van der Waals surface area contributed by atoms with Gasteiger partial charge in [0.1, 0.15) is 13.1 Å². The van der Waals surface area contributed by atoms with Crippen LogP contribution in [0.25, 0.3) is 0 Å². The van der Waals surface area contributed by atoms with Crippen molar-refractivity contribution in [1.82, 2.24) is 0 Å². The van der Waals surface area contributed by atoms with Crippen LogP contribution in [0, 0.1) is 0 Å². The fraction of sp³-hybridized carbons (Fsp3) is 0.880. The number of aliphatic imine (C=N–C) groups is 1. The summed E-state index contributed by atoms with van der Waals surface area (Å²) in [4.78, 5) is 4.76. The molecule has 1 atom stereocenters. The second-order valence-electron chi connectivity index (χ2n) is 8.62. The summed E-state index contributed by atoms with van der Waals surface area (Å²) in [5, 5.41) is 9.38. The first kappa shape index (κ1) is 25.4. The van der Waals surface area contributed by atoms with E-state index in [1.807, 2.05) is 0 Å². The summed E-state index contributed by atoms with van der Waals surface area (Å²) in [5.41, 5.74) is 0. The third-order valence-electron chi connectivity index (χ3n) is 6.42. The molecule has 0 aromatic rings. The molecule has 0 saturated heterocycles. The molecule has 28 heavy (non-hydrogen) atoms. The van der Waals surface area contributed by atoms with Gasteiger partial charge in [-0.2, -0.15) is 0 Å². The fourth-order valence-corrected chi connectivity index (χ4v) is 4.43. The van der Waals surface area contributed by atoms with E-state index in [0.717, 1.165) is 37.1 Å². The van der Waals surface area contributed by atoms with Crippen molar-refractivity contribution >= 4 is 5.84 Å². The number of rotatable bonds is 19. The predicted molar refractivity (Wildman–Crippen MR) is 124 cm³/mol. The molecule has 0 fully saturated rings. The Labute approximate surface area is 175 Å². The van der Waals surface area contributed by atoms with E-state index < -0.39 is 0 Å². The zero-order valence-corrected chi connectivity index (χ0v) is 19.1. The molecule has 1 rings (SSSR count). The topological polar surface area (TPSA) is 32.6 Å². The van der Waals surface area contributed by atoms with E-state index in [0.29, 0.717) is 0 Å². The van der Waals surface area contributed by atoms with Gasteiger partial charge in [-0.3, -0.25) is 4.48 Å². The molecule has 0 aromatic heterocycles. The standard InChI is InChI=1S/C25H49N2O/c1-3-5-6-7-8-9-10-11-12-13-14-15-16-17-18-19-20-25-26-21-22-27(25,4-2)23-24-28/h11-12,28H,3-10,13-24H2,1-2H3/q+1/b12-11+. The molecular formula is C25H49N2O+. The van der Waals surface area contributed by atoms with Crippen molar-refractivity contribution in [2.24, 2.45) is 4.99 Å². The molecule has 0 radical (unpaired) electrons. The van der Waals surface area contributed by atoms with Gasteiger partial charge in [-0.05, 0) is 39.0 Å². The third kappa shape index (κ3) is 10.8. The molecule has 3 nitrogen and oxygen atoms in total. The highest BCUT2D eigenvalue weighted by Crippen LogP contribution is 2.20. The molecule has 1 N–H and O–H groups in total. The summed E-state index contributed by atoms with van der Waals surface area (Å²) in [6.07, 6.45) is 25.0. The maximum absolute atomic E-state index is 9.38. The van der Waals surface area contributed by atoms with E-state index in [1.165, 1.54) is 95.7 Å². The predicted octanol–water partition coefficient (Wildman–Crippen LogP) is 6.66. The van der Waals surface area contributed by atoms with E-state index >= 15 is 0 Å². The number of hydrogen-bond acceptors (Lipinski definition) is 2. The highest BCUT2D eigenvalue weighted by atomic mass is 16.3. The summed E-state index contributed by atoms with van der Waals surface area (Å²) in [6.45, 7) is 8.77. The summed E-state index contributed by atoms with van der Waals surface area (Å²) in [6, 6.07) is 0. The lowest BCUT2D eigenvalue weighted by Crippen LogP contribution is -2.52. The number of allylic oxidation sites excluding steroid dienone is 2. The maximum Gasteiger partial charge on any atom is 0.198 e. The third-order valence-corrected chi connectivity index (χ3v) is 6.42. The van der Waals surface area contributed by atoms with Crippen molar-refractivity contribution < 1.29 is 9.59 Å². The van der Waals surface area contributed by atoms with Gasteiger partial charge in [0.05, 0.1) is 19.7 Å². The van der Waals surface area contributed by atoms with Crippen molar-refractivity contribution in [2.75, 3.05) is 32.8 Å². The minimum Gasteiger partial charge on any atom is -0.390 e. The van der Waals surface area contributed by atoms with Crippen LogP contribution < -0.4 is 0 Å². The Morgan fingerprint density at radius 2 is 1.39 bits per heavy atom. The van der Waals surface area contributed by atoms with Crippen molar-refractivity contribution in [3.8, 4) is 0 Å². The molecule has 0 aromatic carbocycles. The van der Waals surface area contributed by atoms with Gasteiger partial charge < -0.3 is 5.11 Å². The fourth-order valence-electron chi connectivity index (χ4n) is 4.43. The number of quaternary nitrogens is 1. The second kappa shape index (κ2) is 17.2. The Hall–Kier alpha value is -0.670. The number of unbranched alkanes of at least 4 members (excludes halogenated alkanes) is 12. The van der Waals surface area contributed by atoms with Crippen molar-refractivity contribution in [3.63, 3.8) is 0 Å². The van der Waals surface area contributed by atoms with E-state index in [4.69, 9.17) is 4.99 Å². The Bertz CT molecular complexity index is 419. The Balaban J connectivity index is 1.91. The molecule has 0 aliphatic carbocycles. The summed E-state index contributed by atoms with van der Waals surface area (Å²) in [7, 11) is 0. The molecule has 0 spiro atoms. The summed E-state index contributed by atoms with van der Waals surface area (Å²) < 4.78 is 0.946. The Morgan fingerprint density at radius 1 is 0.821 bits per heavy atom. The number of likely N-dealkylation sites (N-methyl/N-ethyl adjacent to an activating group) is 1. The van der Waals surface area contributed by atoms with Crippen LogP contribution in [-0.2, 0) is 0 Å². The molecule has 1 unspecified atom stereocenters. The molecule has 1 aliphatic heterocycles. The van der Waals surface area contributed by atoms with Crippen LogP contribution in [0.15, 0.2) is 17.1 Å². The van der Waals surface area contributed by atoms with Crippen LogP contribution in [-0.4, -0.2) is 48.2 Å². The number of hydrogen-bond donors (Lipinski definition) is 1. The zero-order chi connectivity index (χ0) is 20.3. The quantitative estimate of drug-likeness (QED) is 0.149. The van der Waals surface area contributed by atoms with Crippen LogP contribution in [0.3, 0.4) is 0 Å². The van der Waals surface area contributed by atoms with Gasteiger partial charge >= 0.3 is 0 Å². The molecule has 0 amide bonds. The average Bonchev–Trinajstić information content (AvgIpc) is 3.11. The Kier molecular flexibility index (Phi) is 15.6. The molecular weight excluding hydrogens is 344 g/mol. The lowest BCUT2D eigenvalue weighted by Gasteiger charge is -2.33. The Morgan fingerprint density at radius 3 is 1.96 bits per heavy atom. The summed E-state index contributed by atoms with van der Waals surface area (Å²) >= 11 is 0. The largest absolute Gasteiger partial charge is 0.390 e. The second-order valence-corrected chi connectivity index (χ2v) is 8.62. The normalized spacial score (nSPS) is 19.6. The van der Waals surface area contributed by atoms with Crippen LogP contribution in [0.4, 0.5) is 0 Å². The average molecular weight is 394 g/mol. The first-order valence-corrected chi connectivity index (χ1v) is 12.4. The van der Waals surface area contributed by atoms with Gasteiger partial charge in [0.15, 0.2) is 5.84 Å². The van der Waals surface area contributed by atoms with Gasteiger partial charge in [0, 0.05) is 6.42 Å². The molecule has 1 heterocycles. The summed E-state index contributed by atoms with van der Waals surface area (Å²) in [5.74, 6) is 1.35. The minimum atomic E-state index is 0.278. The smallest absolute Gasteiger partial charge is 0.198 e. The first-order valence-electron chi connectivity index (χ1n) is 12.4. The molecule has 0 bridgehead atoms. The van der Waals surface area contributed by atoms with Crippen LogP contribution in [0.2, 0.25) is 0 Å². The van der Waals surface area contributed by atoms with Crippen LogP contribution in [0.1, 0.15) is 110 Å². The maximum atomic E-state index is 9.38. The van der Waals surface area contributed by atoms with Gasteiger partial charge in [0.2, 0.25) is 0 Å². The van der Waals surface area contributed by atoms with Crippen LogP contribution >= 0.6 is 0 Å². The monoisotopic (exact) mass is 393 g/mol. The molecule has 164 valence electrons.